The lowest BCUT2D eigenvalue weighted by atomic mass is 10.0. The summed E-state index contributed by atoms with van der Waals surface area (Å²) in [5.41, 5.74) is 4.34. The van der Waals surface area contributed by atoms with Crippen molar-refractivity contribution in [1.82, 2.24) is 4.98 Å². The Hall–Kier alpha value is -3.98. The predicted molar refractivity (Wildman–Crippen MR) is 149 cm³/mol. The van der Waals surface area contributed by atoms with Gasteiger partial charge in [-0.25, -0.2) is 9.37 Å². The lowest BCUT2D eigenvalue weighted by Gasteiger charge is -2.12. The van der Waals surface area contributed by atoms with E-state index in [9.17, 15) is 27.2 Å². The number of carbonyl (C=O) groups excluding carboxylic acids is 2. The first-order valence-electron chi connectivity index (χ1n) is 11.4. The van der Waals surface area contributed by atoms with Crippen LogP contribution < -0.4 is 15.8 Å². The number of nitrogens with one attached hydrogen (secondary N) is 1. The molecule has 3 heterocycles. The minimum atomic E-state index is -4.81. The van der Waals surface area contributed by atoms with Crippen LogP contribution in [0.4, 0.5) is 23.2 Å². The Bertz CT molecular complexity index is 1730. The number of anilines is 1. The van der Waals surface area contributed by atoms with E-state index in [-0.39, 0.29) is 44.3 Å². The quantitative estimate of drug-likeness (QED) is 0.139. The number of nitrogens with zero attached hydrogens (tertiary/aromatic N) is 1. The van der Waals surface area contributed by atoms with Crippen LogP contribution in [0.25, 0.3) is 21.3 Å². The molecular weight excluding hydrogens is 665 g/mol. The number of amides is 2. The van der Waals surface area contributed by atoms with Crippen molar-refractivity contribution in [2.45, 2.75) is 12.8 Å². The average molecular weight is 681 g/mol. The van der Waals surface area contributed by atoms with Crippen molar-refractivity contribution in [1.29, 1.82) is 0 Å². The van der Waals surface area contributed by atoms with Gasteiger partial charge in [0.05, 0.1) is 5.69 Å². The molecule has 3 N–H and O–H groups in total. The van der Waals surface area contributed by atoms with E-state index < -0.39 is 29.5 Å². The second-order valence-corrected chi connectivity index (χ2v) is 10.6. The summed E-state index contributed by atoms with van der Waals surface area (Å²) in [7, 11) is 0. The number of rotatable bonds is 7. The fraction of sp³-hybridized carbons (Fsp3) is 0.0741. The van der Waals surface area contributed by atoms with Gasteiger partial charge in [-0.1, -0.05) is 12.1 Å². The van der Waals surface area contributed by atoms with Crippen LogP contribution in [0.2, 0.25) is 0 Å². The highest BCUT2D eigenvalue weighted by Gasteiger charge is 2.35. The van der Waals surface area contributed by atoms with Gasteiger partial charge in [-0.3, -0.25) is 9.59 Å². The van der Waals surface area contributed by atoms with Crippen molar-refractivity contribution >= 4 is 61.6 Å². The van der Waals surface area contributed by atoms with Gasteiger partial charge in [0.15, 0.2) is 5.76 Å². The fourth-order valence-corrected chi connectivity index (χ4v) is 5.20. The summed E-state index contributed by atoms with van der Waals surface area (Å²) in [5, 5.41) is 2.59. The molecule has 13 heteroatoms. The summed E-state index contributed by atoms with van der Waals surface area (Å²) in [6, 6.07) is 15.7. The molecule has 0 radical (unpaired) electrons. The number of nitrogens with two attached hydrogens (primary N) is 1. The summed E-state index contributed by atoms with van der Waals surface area (Å²) in [6.45, 7) is 0.0284. The molecule has 5 rings (SSSR count). The number of pyridine rings is 1. The number of primary amides is 1. The van der Waals surface area contributed by atoms with Gasteiger partial charge in [-0.15, -0.1) is 11.3 Å². The van der Waals surface area contributed by atoms with Crippen molar-refractivity contribution in [3.05, 3.63) is 98.2 Å². The molecule has 7 nitrogen and oxygen atoms in total. The van der Waals surface area contributed by atoms with Crippen LogP contribution in [0.3, 0.4) is 0 Å². The first-order valence-corrected chi connectivity index (χ1v) is 13.3. The molecular formula is C27H16F4IN3O4S. The molecule has 5 aromatic rings. The van der Waals surface area contributed by atoms with Gasteiger partial charge in [0.1, 0.15) is 39.3 Å². The third-order valence-electron chi connectivity index (χ3n) is 5.65. The SMILES string of the molecule is NC(=O)c1sc2nc(C(F)(F)F)cc(-c3ccc(F)cc3)c2c1NC(=O)c1ccc(COc2ccc(I)cc2)o1. The minimum Gasteiger partial charge on any atom is -0.486 e. The topological polar surface area (TPSA) is 107 Å². The number of fused-ring (bicyclic) bond motifs is 1. The number of carbonyl (C=O) groups is 2. The maximum atomic E-state index is 13.7. The summed E-state index contributed by atoms with van der Waals surface area (Å²) in [5.74, 6) is -1.58. The van der Waals surface area contributed by atoms with Crippen LogP contribution in [-0.2, 0) is 12.8 Å². The van der Waals surface area contributed by atoms with Gasteiger partial charge in [-0.05, 0) is 88.3 Å². The second-order valence-electron chi connectivity index (χ2n) is 8.37. The molecule has 0 saturated heterocycles. The molecule has 0 unspecified atom stereocenters. The monoisotopic (exact) mass is 681 g/mol. The van der Waals surface area contributed by atoms with Gasteiger partial charge < -0.3 is 20.2 Å². The lowest BCUT2D eigenvalue weighted by Crippen LogP contribution is -2.16. The summed E-state index contributed by atoms with van der Waals surface area (Å²) >= 11 is 2.76. The van der Waals surface area contributed by atoms with Gasteiger partial charge in [-0.2, -0.15) is 13.2 Å². The van der Waals surface area contributed by atoms with Crippen molar-refractivity contribution < 1.29 is 36.3 Å². The highest BCUT2D eigenvalue weighted by Crippen LogP contribution is 2.43. The van der Waals surface area contributed by atoms with E-state index in [1.807, 2.05) is 12.1 Å². The molecule has 204 valence electrons. The Morgan fingerprint density at radius 2 is 1.75 bits per heavy atom. The Kier molecular flexibility index (Phi) is 7.51. The average Bonchev–Trinajstić information content (AvgIpc) is 3.53. The standard InChI is InChI=1S/C27H16F4IN3O4S/c28-14-3-1-13(2-4-14)18-11-20(27(29,30)31)34-26-21(18)22(23(40-26)24(33)36)35-25(37)19-10-9-17(39-19)12-38-16-7-5-15(32)6-8-16/h1-11H,12H2,(H2,33,36)(H,35,37). The highest BCUT2D eigenvalue weighted by molar-refractivity contribution is 14.1. The fourth-order valence-electron chi connectivity index (χ4n) is 3.83. The van der Waals surface area contributed by atoms with Crippen molar-refractivity contribution in [2.24, 2.45) is 5.73 Å². The molecule has 0 aliphatic carbocycles. The number of hydrogen-bond donors (Lipinski definition) is 2. The third-order valence-corrected chi connectivity index (χ3v) is 7.47. The Balaban J connectivity index is 1.51. The zero-order valence-electron chi connectivity index (χ0n) is 20.0. The van der Waals surface area contributed by atoms with Gasteiger partial charge in [0.2, 0.25) is 0 Å². The van der Waals surface area contributed by atoms with E-state index in [1.54, 1.807) is 12.1 Å². The molecule has 40 heavy (non-hydrogen) atoms. The summed E-state index contributed by atoms with van der Waals surface area (Å²) in [4.78, 5) is 28.7. The van der Waals surface area contributed by atoms with Crippen molar-refractivity contribution in [2.75, 3.05) is 5.32 Å². The molecule has 0 saturated carbocycles. The molecule has 0 aliphatic rings. The number of hydrogen-bond acceptors (Lipinski definition) is 6. The van der Waals surface area contributed by atoms with E-state index >= 15 is 0 Å². The van der Waals surface area contributed by atoms with Crippen LogP contribution >= 0.6 is 33.9 Å². The van der Waals surface area contributed by atoms with Crippen molar-refractivity contribution in [3.8, 4) is 16.9 Å². The number of ether oxygens (including phenoxy) is 1. The highest BCUT2D eigenvalue weighted by atomic mass is 127. The van der Waals surface area contributed by atoms with Crippen molar-refractivity contribution in [3.63, 3.8) is 0 Å². The molecule has 0 atom stereocenters. The number of thiophene rings is 1. The van der Waals surface area contributed by atoms with E-state index in [1.165, 1.54) is 24.3 Å². The second kappa shape index (κ2) is 10.9. The molecule has 0 spiro atoms. The number of aromatic nitrogens is 1. The Labute approximate surface area is 241 Å². The maximum Gasteiger partial charge on any atom is 0.433 e. The maximum absolute atomic E-state index is 13.7. The summed E-state index contributed by atoms with van der Waals surface area (Å²) < 4.78 is 66.8. The first-order chi connectivity index (χ1) is 19.0. The number of furan rings is 1. The number of halogens is 5. The molecule has 0 fully saturated rings. The molecule has 2 aromatic carbocycles. The zero-order chi connectivity index (χ0) is 28.6. The Morgan fingerprint density at radius 1 is 1.05 bits per heavy atom. The van der Waals surface area contributed by atoms with Crippen LogP contribution in [0.15, 0.2) is 71.1 Å². The van der Waals surface area contributed by atoms with Crippen LogP contribution in [0.1, 0.15) is 31.7 Å². The van der Waals surface area contributed by atoms with Crippen LogP contribution in [-0.4, -0.2) is 16.8 Å². The van der Waals surface area contributed by atoms with E-state index in [4.69, 9.17) is 14.9 Å². The zero-order valence-corrected chi connectivity index (χ0v) is 23.0. The molecule has 3 aromatic heterocycles. The van der Waals surface area contributed by atoms with E-state index in [0.29, 0.717) is 22.8 Å². The summed E-state index contributed by atoms with van der Waals surface area (Å²) in [6.07, 6.45) is -4.81. The number of benzene rings is 2. The molecule has 0 aliphatic heterocycles. The van der Waals surface area contributed by atoms with E-state index in [2.05, 4.69) is 32.9 Å². The largest absolute Gasteiger partial charge is 0.486 e. The normalized spacial score (nSPS) is 11.5. The molecule has 0 bridgehead atoms. The predicted octanol–water partition coefficient (Wildman–Crippen LogP) is 7.25. The molecule has 2 amide bonds. The number of alkyl halides is 3. The van der Waals surface area contributed by atoms with Crippen LogP contribution in [0, 0.1) is 9.39 Å². The third kappa shape index (κ3) is 5.79. The van der Waals surface area contributed by atoms with Crippen LogP contribution in [0.5, 0.6) is 5.75 Å². The van der Waals surface area contributed by atoms with E-state index in [0.717, 1.165) is 21.8 Å². The minimum absolute atomic E-state index is 0.0255. The Morgan fingerprint density at radius 3 is 2.40 bits per heavy atom. The lowest BCUT2D eigenvalue weighted by molar-refractivity contribution is -0.140. The van der Waals surface area contributed by atoms with Gasteiger partial charge >= 0.3 is 6.18 Å². The van der Waals surface area contributed by atoms with Gasteiger partial charge in [0, 0.05) is 8.96 Å². The smallest absolute Gasteiger partial charge is 0.433 e. The van der Waals surface area contributed by atoms with Gasteiger partial charge in [0.25, 0.3) is 11.8 Å². The first kappa shape index (κ1) is 27.6.